The fourth-order valence-corrected chi connectivity index (χ4v) is 3.90. The number of furan rings is 1. The zero-order valence-corrected chi connectivity index (χ0v) is 18.1. The number of benzene rings is 1. The maximum absolute atomic E-state index is 13.3. The molecule has 0 atom stereocenters. The highest BCUT2D eigenvalue weighted by Crippen LogP contribution is 2.20. The van der Waals surface area contributed by atoms with Crippen LogP contribution in [0.4, 0.5) is 0 Å². The van der Waals surface area contributed by atoms with Crippen molar-refractivity contribution in [2.24, 2.45) is 5.41 Å². The second-order valence-corrected chi connectivity index (χ2v) is 8.60. The van der Waals surface area contributed by atoms with Gasteiger partial charge in [-0.25, -0.2) is 0 Å². The summed E-state index contributed by atoms with van der Waals surface area (Å²) in [4.78, 5) is 26.2. The Hall–Kier alpha value is -3.37. The van der Waals surface area contributed by atoms with Crippen LogP contribution in [0.5, 0.6) is 5.75 Å². The van der Waals surface area contributed by atoms with Crippen LogP contribution >= 0.6 is 11.3 Å². The molecule has 1 aromatic carbocycles. The van der Waals surface area contributed by atoms with Crippen molar-refractivity contribution in [2.45, 2.75) is 27.7 Å². The van der Waals surface area contributed by atoms with Gasteiger partial charge in [0, 0.05) is 11.5 Å². The Kier molecular flexibility index (Phi) is 6.09. The molecule has 0 aliphatic heterocycles. The summed E-state index contributed by atoms with van der Waals surface area (Å²) in [5, 5.41) is 9.79. The third kappa shape index (κ3) is 4.29. The van der Waals surface area contributed by atoms with Crippen LogP contribution in [0.2, 0.25) is 0 Å². The van der Waals surface area contributed by atoms with Crippen LogP contribution < -0.4 is 19.5 Å². The van der Waals surface area contributed by atoms with Crippen LogP contribution in [-0.4, -0.2) is 17.0 Å². The highest BCUT2D eigenvalue weighted by Gasteiger charge is 2.27. The van der Waals surface area contributed by atoms with Crippen molar-refractivity contribution in [3.05, 3.63) is 68.0 Å². The lowest BCUT2D eigenvalue weighted by atomic mass is 9.87. The Balaban J connectivity index is 2.36. The van der Waals surface area contributed by atoms with Gasteiger partial charge in [0.2, 0.25) is 0 Å². The van der Waals surface area contributed by atoms with E-state index in [2.05, 4.69) is 0 Å². The van der Waals surface area contributed by atoms with Crippen LogP contribution in [0.25, 0.3) is 17.3 Å². The van der Waals surface area contributed by atoms with E-state index in [1.807, 2.05) is 13.0 Å². The van der Waals surface area contributed by atoms with E-state index in [9.17, 15) is 14.9 Å². The van der Waals surface area contributed by atoms with Crippen molar-refractivity contribution >= 4 is 28.8 Å². The van der Waals surface area contributed by atoms with Crippen molar-refractivity contribution < 1.29 is 13.9 Å². The van der Waals surface area contributed by atoms with Crippen molar-refractivity contribution in [2.75, 3.05) is 6.61 Å². The first kappa shape index (κ1) is 21.3. The summed E-state index contributed by atoms with van der Waals surface area (Å²) < 4.78 is 12.9. The molecule has 3 aromatic rings. The molecule has 0 unspecified atom stereocenters. The summed E-state index contributed by atoms with van der Waals surface area (Å²) >= 11 is 1.09. The summed E-state index contributed by atoms with van der Waals surface area (Å²) in [6.45, 7) is 7.65. The van der Waals surface area contributed by atoms with Crippen LogP contribution in [-0.2, 0) is 4.79 Å². The van der Waals surface area contributed by atoms with Gasteiger partial charge in [0.1, 0.15) is 27.8 Å². The van der Waals surface area contributed by atoms with Gasteiger partial charge in [-0.3, -0.25) is 14.2 Å². The number of ether oxygens (including phenoxy) is 1. The van der Waals surface area contributed by atoms with Gasteiger partial charge in [-0.15, -0.1) is 11.3 Å². The number of rotatable bonds is 5. The number of ketones is 1. The summed E-state index contributed by atoms with van der Waals surface area (Å²) in [7, 11) is 0. The predicted octanol–water partition coefficient (Wildman–Crippen LogP) is 3.01. The number of Topliss-reactive ketones (excluding diaryl/α,β-unsaturated/α-hetero) is 1. The molecule has 3 rings (SSSR count). The highest BCUT2D eigenvalue weighted by atomic mass is 32.1. The van der Waals surface area contributed by atoms with Crippen molar-refractivity contribution in [1.29, 1.82) is 5.26 Å². The Bertz CT molecular complexity index is 1270. The average molecular weight is 423 g/mol. The SMILES string of the molecule is CCOc1ccc(-n2c(=O)/c(=C\c3ccco3)s/c2=C(\C#N)C(=O)C(C)(C)C)cc1. The van der Waals surface area contributed by atoms with Crippen LogP contribution in [0.1, 0.15) is 33.5 Å². The number of hydrogen-bond donors (Lipinski definition) is 0. The minimum Gasteiger partial charge on any atom is -0.494 e. The van der Waals surface area contributed by atoms with Crippen LogP contribution in [0.3, 0.4) is 0 Å². The lowest BCUT2D eigenvalue weighted by Gasteiger charge is -2.15. The van der Waals surface area contributed by atoms with Crippen molar-refractivity contribution in [3.63, 3.8) is 0 Å². The molecule has 0 fully saturated rings. The van der Waals surface area contributed by atoms with E-state index in [1.54, 1.807) is 63.2 Å². The van der Waals surface area contributed by atoms with E-state index in [4.69, 9.17) is 9.15 Å². The largest absolute Gasteiger partial charge is 0.494 e. The molecule has 0 bridgehead atoms. The van der Waals surface area contributed by atoms with E-state index in [0.29, 0.717) is 33.0 Å². The van der Waals surface area contributed by atoms with Gasteiger partial charge in [-0.1, -0.05) is 20.8 Å². The van der Waals surface area contributed by atoms with Gasteiger partial charge in [-0.05, 0) is 43.3 Å². The molecule has 6 nitrogen and oxygen atoms in total. The van der Waals surface area contributed by atoms with Crippen molar-refractivity contribution in [1.82, 2.24) is 4.57 Å². The number of carbonyl (C=O) groups is 1. The molecule has 0 aliphatic carbocycles. The number of thiazole rings is 1. The molecule has 154 valence electrons. The second kappa shape index (κ2) is 8.56. The molecular weight excluding hydrogens is 400 g/mol. The first-order valence-corrected chi connectivity index (χ1v) is 10.3. The topological polar surface area (TPSA) is 85.2 Å². The predicted molar refractivity (Wildman–Crippen MR) is 116 cm³/mol. The van der Waals surface area contributed by atoms with E-state index in [1.165, 1.54) is 10.8 Å². The minimum absolute atomic E-state index is 0.0439. The molecule has 2 heterocycles. The fraction of sp³-hybridized carbons (Fsp3) is 0.261. The highest BCUT2D eigenvalue weighted by molar-refractivity contribution is 7.07. The van der Waals surface area contributed by atoms with Crippen molar-refractivity contribution in [3.8, 4) is 17.5 Å². The normalized spacial score (nSPS) is 13.1. The lowest BCUT2D eigenvalue weighted by molar-refractivity contribution is -0.120. The van der Waals surface area contributed by atoms with E-state index in [-0.39, 0.29) is 16.9 Å². The minimum atomic E-state index is -0.764. The Morgan fingerprint density at radius 1 is 1.27 bits per heavy atom. The number of nitriles is 1. The molecule has 30 heavy (non-hydrogen) atoms. The van der Waals surface area contributed by atoms with E-state index >= 15 is 0 Å². The molecule has 0 aliphatic rings. The third-order valence-electron chi connectivity index (χ3n) is 4.28. The second-order valence-electron chi connectivity index (χ2n) is 7.56. The fourth-order valence-electron chi connectivity index (χ4n) is 2.82. The van der Waals surface area contributed by atoms with Gasteiger partial charge in [0.15, 0.2) is 5.78 Å². The number of aromatic nitrogens is 1. The zero-order chi connectivity index (χ0) is 21.9. The maximum atomic E-state index is 13.3. The molecule has 0 radical (unpaired) electrons. The standard InChI is InChI=1S/C23H22N2O4S/c1-5-28-16-10-8-15(9-11-16)25-21(27)19(13-17-7-6-12-29-17)30-22(25)18(14-24)20(26)23(2,3)4/h6-13H,5H2,1-4H3/b19-13+,22-18+. The Labute approximate surface area is 178 Å². The summed E-state index contributed by atoms with van der Waals surface area (Å²) in [5.41, 5.74) is -0.592. The molecule has 0 spiro atoms. The Morgan fingerprint density at radius 3 is 2.50 bits per heavy atom. The van der Waals surface area contributed by atoms with Gasteiger partial charge < -0.3 is 9.15 Å². The van der Waals surface area contributed by atoms with Gasteiger partial charge >= 0.3 is 0 Å². The van der Waals surface area contributed by atoms with Crippen LogP contribution in [0, 0.1) is 16.7 Å². The smallest absolute Gasteiger partial charge is 0.273 e. The summed E-state index contributed by atoms with van der Waals surface area (Å²) in [6.07, 6.45) is 3.12. The molecular formula is C23H22N2O4S. The zero-order valence-electron chi connectivity index (χ0n) is 17.3. The van der Waals surface area contributed by atoms with E-state index < -0.39 is 5.41 Å². The monoisotopic (exact) mass is 422 g/mol. The van der Waals surface area contributed by atoms with Crippen LogP contribution in [0.15, 0.2) is 51.9 Å². The quantitative estimate of drug-likeness (QED) is 0.631. The molecule has 0 saturated heterocycles. The number of nitrogens with zero attached hydrogens (tertiary/aromatic N) is 2. The Morgan fingerprint density at radius 2 is 1.97 bits per heavy atom. The van der Waals surface area contributed by atoms with E-state index in [0.717, 1.165) is 11.3 Å². The average Bonchev–Trinajstić information content (AvgIpc) is 3.32. The molecule has 7 heteroatoms. The molecule has 0 N–H and O–H groups in total. The number of carbonyl (C=O) groups excluding carboxylic acids is 1. The van der Waals surface area contributed by atoms with Gasteiger partial charge in [0.25, 0.3) is 5.56 Å². The first-order valence-electron chi connectivity index (χ1n) is 9.45. The van der Waals surface area contributed by atoms with Gasteiger partial charge in [0.05, 0.1) is 23.1 Å². The summed E-state index contributed by atoms with van der Waals surface area (Å²) in [6, 6.07) is 12.4. The first-order chi connectivity index (χ1) is 14.3. The maximum Gasteiger partial charge on any atom is 0.273 e. The molecule has 2 aromatic heterocycles. The van der Waals surface area contributed by atoms with Gasteiger partial charge in [-0.2, -0.15) is 5.26 Å². The molecule has 0 saturated carbocycles. The summed E-state index contributed by atoms with van der Waals surface area (Å²) in [5.74, 6) is 0.860. The lowest BCUT2D eigenvalue weighted by Crippen LogP contribution is -2.33. The molecule has 0 amide bonds. The number of hydrogen-bond acceptors (Lipinski definition) is 6. The third-order valence-corrected chi connectivity index (χ3v) is 5.37.